The van der Waals surface area contributed by atoms with Crippen molar-refractivity contribution in [3.63, 3.8) is 0 Å². The zero-order valence-electron chi connectivity index (χ0n) is 20.5. The number of ether oxygens (including phenoxy) is 1. The van der Waals surface area contributed by atoms with E-state index in [9.17, 15) is 19.4 Å². The second-order valence-electron chi connectivity index (χ2n) is 10.0. The van der Waals surface area contributed by atoms with E-state index < -0.39 is 17.5 Å². The van der Waals surface area contributed by atoms with Crippen LogP contribution in [0.15, 0.2) is 42.7 Å². The number of aromatic hydroxyl groups is 1. The standard InChI is InChI=1S/C26H32ClFN4O4/c1-26(2,35)16-31-12-11-22(30-31)29-25(34)21(13-17-7-4-3-5-8-17)32-15-18(14-23(32)33)36-24-19(27)9-6-10-20(24)28/h6,9-12,14-15,17,21,33,35H,3-5,7-8,13,16H2,1-2H3,(H,29,30,34)/t21-/m0/s1. The van der Waals surface area contributed by atoms with Crippen molar-refractivity contribution >= 4 is 23.3 Å². The Kier molecular flexibility index (Phi) is 7.90. The molecular formula is C26H32ClFN4O4. The molecule has 2 heterocycles. The third-order valence-corrected chi connectivity index (χ3v) is 6.60. The number of halogens is 2. The molecule has 0 saturated heterocycles. The van der Waals surface area contributed by atoms with Gasteiger partial charge < -0.3 is 24.8 Å². The topological polar surface area (TPSA) is 102 Å². The molecule has 194 valence electrons. The van der Waals surface area contributed by atoms with E-state index in [1.807, 2.05) is 0 Å². The Morgan fingerprint density at radius 1 is 1.31 bits per heavy atom. The van der Waals surface area contributed by atoms with Crippen LogP contribution in [0.4, 0.5) is 10.2 Å². The van der Waals surface area contributed by atoms with Gasteiger partial charge in [0.15, 0.2) is 23.3 Å². The van der Waals surface area contributed by atoms with Crippen LogP contribution in [0.1, 0.15) is 58.4 Å². The van der Waals surface area contributed by atoms with Crippen molar-refractivity contribution in [1.82, 2.24) is 14.3 Å². The molecule has 4 rings (SSSR count). The van der Waals surface area contributed by atoms with Gasteiger partial charge in [-0.2, -0.15) is 5.10 Å². The minimum absolute atomic E-state index is 0.0976. The lowest BCUT2D eigenvalue weighted by molar-refractivity contribution is -0.120. The summed E-state index contributed by atoms with van der Waals surface area (Å²) in [7, 11) is 0. The lowest BCUT2D eigenvalue weighted by Gasteiger charge is -2.27. The maximum Gasteiger partial charge on any atom is 0.248 e. The monoisotopic (exact) mass is 518 g/mol. The largest absolute Gasteiger partial charge is 0.494 e. The Bertz CT molecular complexity index is 1180. The van der Waals surface area contributed by atoms with Gasteiger partial charge in [-0.25, -0.2) is 4.39 Å². The number of anilines is 1. The molecule has 3 N–H and O–H groups in total. The van der Waals surface area contributed by atoms with Gasteiger partial charge in [-0.15, -0.1) is 0 Å². The Hall–Kier alpha value is -3.04. The van der Waals surface area contributed by atoms with Crippen LogP contribution < -0.4 is 10.1 Å². The molecule has 3 aromatic rings. The lowest BCUT2D eigenvalue weighted by Crippen LogP contribution is -2.29. The molecule has 10 heteroatoms. The maximum absolute atomic E-state index is 14.2. The summed E-state index contributed by atoms with van der Waals surface area (Å²) in [5.41, 5.74) is -0.953. The normalized spacial score (nSPS) is 15.6. The fourth-order valence-electron chi connectivity index (χ4n) is 4.65. The predicted molar refractivity (Wildman–Crippen MR) is 135 cm³/mol. The number of carbonyl (C=O) groups excluding carboxylic acids is 1. The number of aromatic nitrogens is 3. The summed E-state index contributed by atoms with van der Waals surface area (Å²) in [5, 5.41) is 28.0. The van der Waals surface area contributed by atoms with E-state index in [-0.39, 0.29) is 34.9 Å². The van der Waals surface area contributed by atoms with E-state index in [4.69, 9.17) is 16.3 Å². The first-order chi connectivity index (χ1) is 17.1. The lowest BCUT2D eigenvalue weighted by atomic mass is 9.84. The number of hydrogen-bond acceptors (Lipinski definition) is 5. The summed E-state index contributed by atoms with van der Waals surface area (Å²) in [6.07, 6.45) is 9.12. The third kappa shape index (κ3) is 6.59. The molecule has 1 aliphatic rings. The molecule has 1 fully saturated rings. The molecule has 0 aliphatic heterocycles. The first kappa shape index (κ1) is 26.0. The smallest absolute Gasteiger partial charge is 0.248 e. The average molecular weight is 519 g/mol. The van der Waals surface area contributed by atoms with Crippen molar-refractivity contribution in [2.45, 2.75) is 70.6 Å². The molecule has 1 saturated carbocycles. The molecule has 1 atom stereocenters. The highest BCUT2D eigenvalue weighted by atomic mass is 35.5. The van der Waals surface area contributed by atoms with Crippen molar-refractivity contribution in [2.24, 2.45) is 5.92 Å². The van der Waals surface area contributed by atoms with Crippen molar-refractivity contribution in [3.8, 4) is 17.4 Å². The molecule has 1 amide bonds. The fourth-order valence-corrected chi connectivity index (χ4v) is 4.86. The maximum atomic E-state index is 14.2. The van der Waals surface area contributed by atoms with Gasteiger partial charge in [-0.05, 0) is 38.3 Å². The number of benzene rings is 1. The molecule has 1 aromatic carbocycles. The van der Waals surface area contributed by atoms with E-state index >= 15 is 0 Å². The minimum Gasteiger partial charge on any atom is -0.494 e. The van der Waals surface area contributed by atoms with Crippen LogP contribution in [-0.2, 0) is 11.3 Å². The first-order valence-corrected chi connectivity index (χ1v) is 12.6. The molecule has 2 aromatic heterocycles. The van der Waals surface area contributed by atoms with E-state index in [1.165, 1.54) is 41.5 Å². The Morgan fingerprint density at radius 3 is 2.75 bits per heavy atom. The van der Waals surface area contributed by atoms with Gasteiger partial charge in [0.25, 0.3) is 0 Å². The molecule has 36 heavy (non-hydrogen) atoms. The summed E-state index contributed by atoms with van der Waals surface area (Å²) >= 11 is 6.08. The molecule has 0 spiro atoms. The van der Waals surface area contributed by atoms with Crippen LogP contribution in [0.5, 0.6) is 17.4 Å². The fraction of sp³-hybridized carbons (Fsp3) is 0.462. The van der Waals surface area contributed by atoms with Gasteiger partial charge in [0, 0.05) is 18.3 Å². The van der Waals surface area contributed by atoms with E-state index in [0.29, 0.717) is 18.2 Å². The second-order valence-corrected chi connectivity index (χ2v) is 10.5. The van der Waals surface area contributed by atoms with Gasteiger partial charge in [-0.1, -0.05) is 49.8 Å². The number of amides is 1. The highest BCUT2D eigenvalue weighted by Crippen LogP contribution is 2.38. The van der Waals surface area contributed by atoms with Crippen molar-refractivity contribution in [2.75, 3.05) is 5.32 Å². The highest BCUT2D eigenvalue weighted by Gasteiger charge is 2.29. The number of aliphatic hydroxyl groups is 1. The molecule has 8 nitrogen and oxygen atoms in total. The molecular weight excluding hydrogens is 487 g/mol. The summed E-state index contributed by atoms with van der Waals surface area (Å²) in [6, 6.07) is 6.47. The Morgan fingerprint density at radius 2 is 2.06 bits per heavy atom. The van der Waals surface area contributed by atoms with Crippen molar-refractivity contribution in [1.29, 1.82) is 0 Å². The highest BCUT2D eigenvalue weighted by molar-refractivity contribution is 6.32. The zero-order chi connectivity index (χ0) is 25.9. The zero-order valence-corrected chi connectivity index (χ0v) is 21.2. The van der Waals surface area contributed by atoms with E-state index in [0.717, 1.165) is 25.7 Å². The van der Waals surface area contributed by atoms with E-state index in [2.05, 4.69) is 10.4 Å². The summed E-state index contributed by atoms with van der Waals surface area (Å²) < 4.78 is 22.9. The van der Waals surface area contributed by atoms with Crippen LogP contribution in [0.25, 0.3) is 0 Å². The van der Waals surface area contributed by atoms with Gasteiger partial charge in [0.05, 0.1) is 23.4 Å². The Labute approximate surface area is 214 Å². The van der Waals surface area contributed by atoms with Crippen LogP contribution in [-0.4, -0.2) is 36.1 Å². The second kappa shape index (κ2) is 10.9. The third-order valence-electron chi connectivity index (χ3n) is 6.30. The SMILES string of the molecule is CC(C)(O)Cn1ccc(NC(=O)[C@H](CC2CCCCC2)n2cc(Oc3c(F)cccc3Cl)cc2O)n1. The summed E-state index contributed by atoms with van der Waals surface area (Å²) in [4.78, 5) is 13.4. The van der Waals surface area contributed by atoms with Crippen molar-refractivity contribution in [3.05, 3.63) is 53.6 Å². The molecule has 0 bridgehead atoms. The number of hydrogen-bond donors (Lipinski definition) is 3. The summed E-state index contributed by atoms with van der Waals surface area (Å²) in [6.45, 7) is 3.62. The number of para-hydroxylation sites is 1. The summed E-state index contributed by atoms with van der Waals surface area (Å²) in [5.74, 6) is -0.463. The van der Waals surface area contributed by atoms with Gasteiger partial charge in [0.2, 0.25) is 5.91 Å². The van der Waals surface area contributed by atoms with Crippen LogP contribution in [0.2, 0.25) is 5.02 Å². The number of nitrogens with one attached hydrogen (secondary N) is 1. The Balaban J connectivity index is 1.57. The van der Waals surface area contributed by atoms with Crippen LogP contribution >= 0.6 is 11.6 Å². The first-order valence-electron chi connectivity index (χ1n) is 12.2. The quantitative estimate of drug-likeness (QED) is 0.327. The van der Waals surface area contributed by atoms with Gasteiger partial charge >= 0.3 is 0 Å². The van der Waals surface area contributed by atoms with Crippen LogP contribution in [0.3, 0.4) is 0 Å². The van der Waals surface area contributed by atoms with Gasteiger partial charge in [0.1, 0.15) is 11.8 Å². The molecule has 1 aliphatic carbocycles. The van der Waals surface area contributed by atoms with E-state index in [1.54, 1.807) is 30.8 Å². The van der Waals surface area contributed by atoms with Gasteiger partial charge in [-0.3, -0.25) is 9.48 Å². The van der Waals surface area contributed by atoms with Crippen LogP contribution in [0, 0.1) is 11.7 Å². The molecule has 0 radical (unpaired) electrons. The number of rotatable bonds is 9. The molecule has 0 unspecified atom stereocenters. The number of carbonyl (C=O) groups is 1. The van der Waals surface area contributed by atoms with Crippen molar-refractivity contribution < 1.29 is 24.1 Å². The number of nitrogens with zero attached hydrogens (tertiary/aromatic N) is 3. The minimum atomic E-state index is -0.953. The predicted octanol–water partition coefficient (Wildman–Crippen LogP) is 5.90. The average Bonchev–Trinajstić information content (AvgIpc) is 3.39.